The second-order valence-corrected chi connectivity index (χ2v) is 8.19. The van der Waals surface area contributed by atoms with E-state index in [1.54, 1.807) is 30.3 Å². The van der Waals surface area contributed by atoms with E-state index >= 15 is 0 Å². The number of morpholine rings is 1. The second kappa shape index (κ2) is 8.60. The molecular formula is C26H22FN3O3. The van der Waals surface area contributed by atoms with Gasteiger partial charge in [-0.25, -0.2) is 4.39 Å². The molecule has 0 aliphatic carbocycles. The molecular weight excluding hydrogens is 421 g/mol. The van der Waals surface area contributed by atoms with Gasteiger partial charge < -0.3 is 15.0 Å². The molecule has 0 bridgehead atoms. The Morgan fingerprint density at radius 1 is 1.12 bits per heavy atom. The van der Waals surface area contributed by atoms with E-state index in [-0.39, 0.29) is 30.3 Å². The number of halogens is 1. The van der Waals surface area contributed by atoms with E-state index in [2.05, 4.69) is 10.3 Å². The minimum Gasteiger partial charge on any atom is -0.365 e. The lowest BCUT2D eigenvalue weighted by molar-refractivity contribution is -0.146. The molecule has 0 saturated carbocycles. The van der Waals surface area contributed by atoms with Crippen LogP contribution in [0.15, 0.2) is 66.9 Å². The number of likely N-dealkylation sites (N-methyl/N-ethyl adjacent to an activating group) is 1. The summed E-state index contributed by atoms with van der Waals surface area (Å²) in [5, 5.41) is 5.39. The average Bonchev–Trinajstić information content (AvgIpc) is 2.83. The molecule has 2 amide bonds. The van der Waals surface area contributed by atoms with Crippen LogP contribution >= 0.6 is 0 Å². The Hall–Kier alpha value is -3.84. The first-order valence-electron chi connectivity index (χ1n) is 10.7. The van der Waals surface area contributed by atoms with Crippen LogP contribution < -0.4 is 5.32 Å². The number of rotatable bonds is 4. The molecule has 1 aromatic heterocycles. The van der Waals surface area contributed by atoms with E-state index in [1.807, 2.05) is 36.4 Å². The molecule has 33 heavy (non-hydrogen) atoms. The number of amides is 2. The van der Waals surface area contributed by atoms with Crippen molar-refractivity contribution >= 4 is 33.5 Å². The van der Waals surface area contributed by atoms with Crippen LogP contribution in [0.4, 0.5) is 4.39 Å². The molecule has 1 atom stereocenters. The molecule has 6 nitrogen and oxygen atoms in total. The third kappa shape index (κ3) is 4.15. The molecule has 5 rings (SSSR count). The standard InChI is InChI=1S/C26H22FN3O3/c1-30-14-20(33-15-24(30)31)13-29-26(32)18-7-8-21-16(10-18)4-2-6-22(21)23-12-19(27)11-17-5-3-9-28-25(17)23/h2-12,20H,13-15H2,1H3,(H,29,32). The smallest absolute Gasteiger partial charge is 0.251 e. The maximum absolute atomic E-state index is 14.3. The average molecular weight is 443 g/mol. The Bertz CT molecular complexity index is 1390. The number of hydrogen-bond acceptors (Lipinski definition) is 4. The summed E-state index contributed by atoms with van der Waals surface area (Å²) in [6.07, 6.45) is 1.46. The Morgan fingerprint density at radius 2 is 1.97 bits per heavy atom. The fourth-order valence-electron chi connectivity index (χ4n) is 4.21. The van der Waals surface area contributed by atoms with Crippen molar-refractivity contribution in [2.75, 3.05) is 26.7 Å². The van der Waals surface area contributed by atoms with Crippen LogP contribution in [0.5, 0.6) is 0 Å². The lowest BCUT2D eigenvalue weighted by Gasteiger charge is -2.29. The monoisotopic (exact) mass is 443 g/mol. The van der Waals surface area contributed by atoms with Crippen LogP contribution in [0.3, 0.4) is 0 Å². The van der Waals surface area contributed by atoms with Crippen LogP contribution in [0, 0.1) is 5.82 Å². The molecule has 4 aromatic rings. The third-order valence-corrected chi connectivity index (χ3v) is 5.94. The van der Waals surface area contributed by atoms with Gasteiger partial charge in [0, 0.05) is 42.8 Å². The number of pyridine rings is 1. The fourth-order valence-corrected chi connectivity index (χ4v) is 4.21. The van der Waals surface area contributed by atoms with Gasteiger partial charge in [0.05, 0.1) is 11.6 Å². The fraction of sp³-hybridized carbons (Fsp3) is 0.192. The zero-order chi connectivity index (χ0) is 22.9. The van der Waals surface area contributed by atoms with Gasteiger partial charge in [0.15, 0.2) is 0 Å². The van der Waals surface area contributed by atoms with Gasteiger partial charge in [-0.15, -0.1) is 0 Å². The van der Waals surface area contributed by atoms with Crippen molar-refractivity contribution in [1.82, 2.24) is 15.2 Å². The largest absolute Gasteiger partial charge is 0.365 e. The number of benzene rings is 3. The Labute approximate surface area is 190 Å². The van der Waals surface area contributed by atoms with Crippen molar-refractivity contribution in [2.24, 2.45) is 0 Å². The molecule has 1 aliphatic rings. The summed E-state index contributed by atoms with van der Waals surface area (Å²) in [6, 6.07) is 17.8. The third-order valence-electron chi connectivity index (χ3n) is 5.94. The first-order chi connectivity index (χ1) is 16.0. The van der Waals surface area contributed by atoms with Crippen molar-refractivity contribution in [3.63, 3.8) is 0 Å². The molecule has 0 radical (unpaired) electrons. The summed E-state index contributed by atoms with van der Waals surface area (Å²) in [5.74, 6) is -0.608. The lowest BCUT2D eigenvalue weighted by atomic mass is 9.95. The van der Waals surface area contributed by atoms with Crippen LogP contribution in [0.25, 0.3) is 32.8 Å². The molecule has 3 aromatic carbocycles. The van der Waals surface area contributed by atoms with Gasteiger partial charge in [-0.05, 0) is 46.7 Å². The van der Waals surface area contributed by atoms with E-state index < -0.39 is 0 Å². The van der Waals surface area contributed by atoms with E-state index in [4.69, 9.17) is 4.74 Å². The highest BCUT2D eigenvalue weighted by Gasteiger charge is 2.24. The second-order valence-electron chi connectivity index (χ2n) is 8.19. The summed E-state index contributed by atoms with van der Waals surface area (Å²) in [4.78, 5) is 30.3. The number of carbonyl (C=O) groups is 2. The van der Waals surface area contributed by atoms with E-state index in [9.17, 15) is 14.0 Å². The Balaban J connectivity index is 1.43. The normalized spacial score (nSPS) is 16.4. The van der Waals surface area contributed by atoms with Crippen molar-refractivity contribution in [2.45, 2.75) is 6.10 Å². The predicted molar refractivity (Wildman–Crippen MR) is 124 cm³/mol. The highest BCUT2D eigenvalue weighted by Crippen LogP contribution is 2.34. The minimum absolute atomic E-state index is 0.0272. The molecule has 1 fully saturated rings. The van der Waals surface area contributed by atoms with E-state index in [1.165, 1.54) is 12.1 Å². The first kappa shape index (κ1) is 21.0. The summed E-state index contributed by atoms with van der Waals surface area (Å²) < 4.78 is 19.8. The summed E-state index contributed by atoms with van der Waals surface area (Å²) in [7, 11) is 1.72. The van der Waals surface area contributed by atoms with Crippen molar-refractivity contribution in [1.29, 1.82) is 0 Å². The van der Waals surface area contributed by atoms with Crippen LogP contribution in [0.2, 0.25) is 0 Å². The number of aromatic nitrogens is 1. The number of nitrogens with zero attached hydrogens (tertiary/aromatic N) is 2. The number of fused-ring (bicyclic) bond motifs is 2. The molecule has 0 spiro atoms. The van der Waals surface area contributed by atoms with Crippen molar-refractivity contribution in [3.05, 3.63) is 78.2 Å². The molecule has 1 saturated heterocycles. The lowest BCUT2D eigenvalue weighted by Crippen LogP contribution is -2.48. The van der Waals surface area contributed by atoms with Gasteiger partial charge in [-0.2, -0.15) is 0 Å². The van der Waals surface area contributed by atoms with Crippen molar-refractivity contribution in [3.8, 4) is 11.1 Å². The van der Waals surface area contributed by atoms with Gasteiger partial charge >= 0.3 is 0 Å². The molecule has 1 N–H and O–H groups in total. The molecule has 7 heteroatoms. The zero-order valence-corrected chi connectivity index (χ0v) is 18.0. The number of ether oxygens (including phenoxy) is 1. The summed E-state index contributed by atoms with van der Waals surface area (Å²) in [5.41, 5.74) is 2.80. The van der Waals surface area contributed by atoms with E-state index in [0.717, 1.165) is 27.2 Å². The molecule has 166 valence electrons. The highest BCUT2D eigenvalue weighted by atomic mass is 19.1. The number of carbonyl (C=O) groups excluding carboxylic acids is 2. The van der Waals surface area contributed by atoms with Gasteiger partial charge in [0.1, 0.15) is 12.4 Å². The number of hydrogen-bond donors (Lipinski definition) is 1. The van der Waals surface area contributed by atoms with Gasteiger partial charge in [0.25, 0.3) is 5.91 Å². The van der Waals surface area contributed by atoms with E-state index in [0.29, 0.717) is 24.2 Å². The van der Waals surface area contributed by atoms with Gasteiger partial charge in [0.2, 0.25) is 5.91 Å². The maximum atomic E-state index is 14.3. The minimum atomic E-state index is -0.323. The topological polar surface area (TPSA) is 71.5 Å². The van der Waals surface area contributed by atoms with Crippen LogP contribution in [0.1, 0.15) is 10.4 Å². The molecule has 2 heterocycles. The summed E-state index contributed by atoms with van der Waals surface area (Å²) >= 11 is 0. The van der Waals surface area contributed by atoms with Gasteiger partial charge in [-0.1, -0.05) is 30.3 Å². The molecule has 1 unspecified atom stereocenters. The highest BCUT2D eigenvalue weighted by molar-refractivity contribution is 6.06. The van der Waals surface area contributed by atoms with Gasteiger partial charge in [-0.3, -0.25) is 14.6 Å². The quantitative estimate of drug-likeness (QED) is 0.521. The summed E-state index contributed by atoms with van der Waals surface area (Å²) in [6.45, 7) is 0.782. The first-order valence-corrected chi connectivity index (χ1v) is 10.7. The zero-order valence-electron chi connectivity index (χ0n) is 18.0. The number of nitrogens with one attached hydrogen (secondary N) is 1. The Kier molecular flexibility index (Phi) is 5.48. The molecule has 1 aliphatic heterocycles. The Morgan fingerprint density at radius 3 is 2.82 bits per heavy atom. The van der Waals surface area contributed by atoms with Crippen LogP contribution in [-0.4, -0.2) is 54.5 Å². The van der Waals surface area contributed by atoms with Crippen LogP contribution in [-0.2, 0) is 9.53 Å². The predicted octanol–water partition coefficient (Wildman–Crippen LogP) is 3.78. The maximum Gasteiger partial charge on any atom is 0.251 e. The SMILES string of the molecule is CN1CC(CNC(=O)c2ccc3c(-c4cc(F)cc5cccnc45)cccc3c2)OCC1=O. The van der Waals surface area contributed by atoms with Crippen molar-refractivity contribution < 1.29 is 18.7 Å².